The third-order valence-electron chi connectivity index (χ3n) is 7.69. The van der Waals surface area contributed by atoms with E-state index in [1.165, 1.54) is 12.8 Å². The largest absolute Gasteiger partial charge is 0.496 e. The maximum atomic E-state index is 13.1. The topological polar surface area (TPSA) is 79.8 Å². The molecule has 1 amide bonds. The maximum Gasteiger partial charge on any atom is 0.258 e. The van der Waals surface area contributed by atoms with Crippen LogP contribution in [0.3, 0.4) is 0 Å². The average molecular weight is 538 g/mol. The van der Waals surface area contributed by atoms with Crippen molar-refractivity contribution in [2.24, 2.45) is 0 Å². The summed E-state index contributed by atoms with van der Waals surface area (Å²) in [7, 11) is 1.66. The number of hydrogen-bond acceptors (Lipinski definition) is 7. The third kappa shape index (κ3) is 5.72. The Hall–Kier alpha value is -4.17. The van der Waals surface area contributed by atoms with Gasteiger partial charge < -0.3 is 19.7 Å². The van der Waals surface area contributed by atoms with Gasteiger partial charge in [-0.1, -0.05) is 30.3 Å². The van der Waals surface area contributed by atoms with Crippen LogP contribution in [0, 0.1) is 0 Å². The van der Waals surface area contributed by atoms with E-state index in [0.717, 1.165) is 79.3 Å². The van der Waals surface area contributed by atoms with Gasteiger partial charge in [0.05, 0.1) is 18.1 Å². The first-order valence-corrected chi connectivity index (χ1v) is 14.1. The predicted molar refractivity (Wildman–Crippen MR) is 159 cm³/mol. The first-order valence-electron chi connectivity index (χ1n) is 14.1. The van der Waals surface area contributed by atoms with Crippen LogP contribution in [0.4, 0.5) is 11.5 Å². The highest BCUT2D eigenvalue weighted by Crippen LogP contribution is 2.32. The Kier molecular flexibility index (Phi) is 7.77. The molecule has 206 valence electrons. The summed E-state index contributed by atoms with van der Waals surface area (Å²) in [4.78, 5) is 27.6. The second kappa shape index (κ2) is 11.9. The van der Waals surface area contributed by atoms with Crippen molar-refractivity contribution < 1.29 is 14.3 Å². The molecular formula is C32H35N5O3. The molecule has 4 aromatic rings. The van der Waals surface area contributed by atoms with Crippen molar-refractivity contribution in [1.29, 1.82) is 0 Å². The van der Waals surface area contributed by atoms with Gasteiger partial charge in [-0.3, -0.25) is 9.69 Å². The molecule has 3 aromatic carbocycles. The van der Waals surface area contributed by atoms with E-state index >= 15 is 0 Å². The van der Waals surface area contributed by atoms with E-state index in [2.05, 4.69) is 15.1 Å². The average Bonchev–Trinajstić information content (AvgIpc) is 3.72. The Balaban J connectivity index is 1.19. The van der Waals surface area contributed by atoms with E-state index in [1.54, 1.807) is 7.11 Å². The molecule has 0 bridgehead atoms. The predicted octanol–water partition coefficient (Wildman–Crippen LogP) is 5.63. The molecule has 0 radical (unpaired) electrons. The van der Waals surface area contributed by atoms with Gasteiger partial charge in [-0.25, -0.2) is 9.97 Å². The molecule has 2 aliphatic rings. The molecule has 40 heavy (non-hydrogen) atoms. The number of carbonyl (C=O) groups excluding carboxylic acids is 1. The fraction of sp³-hybridized carbons (Fsp3) is 0.344. The molecule has 3 heterocycles. The Morgan fingerprint density at radius 2 is 1.62 bits per heavy atom. The van der Waals surface area contributed by atoms with Gasteiger partial charge in [-0.05, 0) is 80.7 Å². The van der Waals surface area contributed by atoms with Crippen LogP contribution < -0.4 is 19.7 Å². The van der Waals surface area contributed by atoms with E-state index in [1.807, 2.05) is 66.7 Å². The zero-order valence-corrected chi connectivity index (χ0v) is 22.9. The lowest BCUT2D eigenvalue weighted by Gasteiger charge is -2.21. The standard InChI is InChI=1S/C32H35N5O3/c1-39-29-9-3-2-8-26(29)23-10-12-24(13-11-23)31(38)33-25-14-15-27-28(22-25)34-30(37-18-6-7-19-37)32(35-27)40-21-20-36-16-4-5-17-36/h2-3,8-15,22H,4-7,16-21H2,1H3,(H,33,38). The fourth-order valence-electron chi connectivity index (χ4n) is 5.50. The molecule has 8 heteroatoms. The highest BCUT2D eigenvalue weighted by Gasteiger charge is 2.21. The Labute approximate surface area is 234 Å². The van der Waals surface area contributed by atoms with Crippen molar-refractivity contribution in [1.82, 2.24) is 14.9 Å². The summed E-state index contributed by atoms with van der Waals surface area (Å²) in [5.41, 5.74) is 4.71. The molecule has 0 atom stereocenters. The molecule has 6 rings (SSSR count). The number of carbonyl (C=O) groups is 1. The number of nitrogens with zero attached hydrogens (tertiary/aromatic N) is 4. The lowest BCUT2D eigenvalue weighted by atomic mass is 10.0. The van der Waals surface area contributed by atoms with Gasteiger partial charge in [-0.2, -0.15) is 0 Å². The van der Waals surface area contributed by atoms with E-state index < -0.39 is 0 Å². The van der Waals surface area contributed by atoms with Crippen molar-refractivity contribution in [2.45, 2.75) is 25.7 Å². The number of amides is 1. The summed E-state index contributed by atoms with van der Waals surface area (Å²) in [5, 5.41) is 3.02. The minimum absolute atomic E-state index is 0.180. The van der Waals surface area contributed by atoms with Crippen LogP contribution in [0.1, 0.15) is 36.0 Å². The lowest BCUT2D eigenvalue weighted by Crippen LogP contribution is -2.26. The van der Waals surface area contributed by atoms with Crippen molar-refractivity contribution in [3.63, 3.8) is 0 Å². The van der Waals surface area contributed by atoms with Gasteiger partial charge in [-0.15, -0.1) is 0 Å². The number of rotatable bonds is 9. The molecule has 0 aliphatic carbocycles. The van der Waals surface area contributed by atoms with Crippen molar-refractivity contribution in [2.75, 3.05) is 56.7 Å². The third-order valence-corrected chi connectivity index (χ3v) is 7.69. The molecule has 1 aromatic heterocycles. The maximum absolute atomic E-state index is 13.1. The Morgan fingerprint density at radius 1 is 0.875 bits per heavy atom. The molecule has 2 aliphatic heterocycles. The molecule has 0 unspecified atom stereocenters. The monoisotopic (exact) mass is 537 g/mol. The summed E-state index contributed by atoms with van der Waals surface area (Å²) < 4.78 is 11.7. The summed E-state index contributed by atoms with van der Waals surface area (Å²) in [6.45, 7) is 5.70. The van der Waals surface area contributed by atoms with Crippen LogP contribution in [0.15, 0.2) is 66.7 Å². The SMILES string of the molecule is COc1ccccc1-c1ccc(C(=O)Nc2ccc3nc(OCCN4CCCC4)c(N4CCCC4)nc3c2)cc1. The molecule has 8 nitrogen and oxygen atoms in total. The van der Waals surface area contributed by atoms with Gasteiger partial charge in [0.2, 0.25) is 0 Å². The number of fused-ring (bicyclic) bond motifs is 1. The molecular weight excluding hydrogens is 502 g/mol. The zero-order valence-electron chi connectivity index (χ0n) is 22.9. The van der Waals surface area contributed by atoms with E-state index in [4.69, 9.17) is 19.4 Å². The minimum atomic E-state index is -0.180. The summed E-state index contributed by atoms with van der Waals surface area (Å²) >= 11 is 0. The van der Waals surface area contributed by atoms with Gasteiger partial charge >= 0.3 is 0 Å². The quantitative estimate of drug-likeness (QED) is 0.296. The Bertz CT molecular complexity index is 1480. The molecule has 1 N–H and O–H groups in total. The fourth-order valence-corrected chi connectivity index (χ4v) is 5.50. The van der Waals surface area contributed by atoms with Crippen LogP contribution in [-0.4, -0.2) is 67.2 Å². The summed E-state index contributed by atoms with van der Waals surface area (Å²) in [6.07, 6.45) is 4.81. The second-order valence-electron chi connectivity index (χ2n) is 10.4. The second-order valence-corrected chi connectivity index (χ2v) is 10.4. The number of likely N-dealkylation sites (tertiary alicyclic amines) is 1. The number of benzene rings is 3. The van der Waals surface area contributed by atoms with E-state index in [-0.39, 0.29) is 5.91 Å². The van der Waals surface area contributed by atoms with Crippen LogP contribution >= 0.6 is 0 Å². The molecule has 2 fully saturated rings. The van der Waals surface area contributed by atoms with Gasteiger partial charge in [0.15, 0.2) is 5.82 Å². The zero-order chi connectivity index (χ0) is 27.3. The smallest absolute Gasteiger partial charge is 0.258 e. The van der Waals surface area contributed by atoms with Crippen LogP contribution in [0.5, 0.6) is 11.6 Å². The number of aromatic nitrogens is 2. The highest BCUT2D eigenvalue weighted by atomic mass is 16.5. The van der Waals surface area contributed by atoms with Crippen LogP contribution in [0.2, 0.25) is 0 Å². The summed E-state index contributed by atoms with van der Waals surface area (Å²) in [6, 6.07) is 21.0. The molecule has 0 saturated carbocycles. The number of anilines is 2. The number of ether oxygens (including phenoxy) is 2. The van der Waals surface area contributed by atoms with Crippen molar-refractivity contribution in [3.05, 3.63) is 72.3 Å². The minimum Gasteiger partial charge on any atom is -0.496 e. The highest BCUT2D eigenvalue weighted by molar-refractivity contribution is 6.05. The number of para-hydroxylation sites is 1. The van der Waals surface area contributed by atoms with Crippen LogP contribution in [0.25, 0.3) is 22.2 Å². The van der Waals surface area contributed by atoms with Crippen molar-refractivity contribution in [3.8, 4) is 22.8 Å². The normalized spacial score (nSPS) is 15.5. The van der Waals surface area contributed by atoms with E-state index in [0.29, 0.717) is 23.7 Å². The number of methoxy groups -OCH3 is 1. The summed E-state index contributed by atoms with van der Waals surface area (Å²) in [5.74, 6) is 2.01. The van der Waals surface area contributed by atoms with Crippen molar-refractivity contribution >= 4 is 28.4 Å². The number of nitrogens with one attached hydrogen (secondary N) is 1. The van der Waals surface area contributed by atoms with Gasteiger partial charge in [0.25, 0.3) is 11.8 Å². The molecule has 0 spiro atoms. The lowest BCUT2D eigenvalue weighted by molar-refractivity contribution is 0.102. The van der Waals surface area contributed by atoms with Crippen LogP contribution in [-0.2, 0) is 0 Å². The number of hydrogen-bond donors (Lipinski definition) is 1. The first-order chi connectivity index (χ1) is 19.7. The van der Waals surface area contributed by atoms with E-state index in [9.17, 15) is 4.79 Å². The van der Waals surface area contributed by atoms with Gasteiger partial charge in [0.1, 0.15) is 12.4 Å². The molecule has 2 saturated heterocycles. The first kappa shape index (κ1) is 26.1. The Morgan fingerprint density at radius 3 is 2.40 bits per heavy atom. The van der Waals surface area contributed by atoms with Gasteiger partial charge in [0, 0.05) is 36.4 Å².